The van der Waals surface area contributed by atoms with Crippen LogP contribution in [0.25, 0.3) is 16.0 Å². The van der Waals surface area contributed by atoms with Gasteiger partial charge in [-0.2, -0.15) is 0 Å². The Kier molecular flexibility index (Phi) is 5.96. The van der Waals surface area contributed by atoms with E-state index >= 15 is 0 Å². The molecular weight excluding hydrogens is 406 g/mol. The summed E-state index contributed by atoms with van der Waals surface area (Å²) in [4.78, 5) is 27.7. The number of hydrogen-bond donors (Lipinski definition) is 0. The van der Waals surface area contributed by atoms with Gasteiger partial charge in [0, 0.05) is 19.1 Å². The first-order chi connectivity index (χ1) is 14.0. The lowest BCUT2D eigenvalue weighted by molar-refractivity contribution is -0.131. The van der Waals surface area contributed by atoms with Gasteiger partial charge in [-0.1, -0.05) is 25.6 Å². The lowest BCUT2D eigenvalue weighted by Crippen LogP contribution is -2.42. The van der Waals surface area contributed by atoms with Gasteiger partial charge >= 0.3 is 0 Å². The van der Waals surface area contributed by atoms with E-state index in [0.717, 1.165) is 31.3 Å². The molecule has 9 heteroatoms. The van der Waals surface area contributed by atoms with Crippen LogP contribution in [-0.4, -0.2) is 48.3 Å². The molecule has 3 aromatic heterocycles. The second-order valence-electron chi connectivity index (χ2n) is 8.11. The van der Waals surface area contributed by atoms with Gasteiger partial charge in [-0.05, 0) is 50.0 Å². The number of thiophene rings is 1. The summed E-state index contributed by atoms with van der Waals surface area (Å²) < 4.78 is 4.37. The Bertz CT molecular complexity index is 1080. The van der Waals surface area contributed by atoms with Gasteiger partial charge in [-0.15, -0.1) is 21.5 Å². The average molecular weight is 434 g/mol. The molecule has 0 aromatic carbocycles. The SMILES string of the molecule is CC(C)CCn1c(=O)c2sccc2n2c(SCC(=O)N3CCCC[C@H]3C)nnc12. The summed E-state index contributed by atoms with van der Waals surface area (Å²) in [5, 5.41) is 11.3. The molecule has 0 spiro atoms. The van der Waals surface area contributed by atoms with Crippen molar-refractivity contribution in [2.75, 3.05) is 12.3 Å². The number of hydrogen-bond acceptors (Lipinski definition) is 6. The number of fused-ring (bicyclic) bond motifs is 3. The first-order valence-electron chi connectivity index (χ1n) is 10.2. The van der Waals surface area contributed by atoms with Crippen LogP contribution in [0.3, 0.4) is 0 Å². The van der Waals surface area contributed by atoms with Crippen LogP contribution in [0.1, 0.15) is 46.5 Å². The smallest absolute Gasteiger partial charge is 0.272 e. The van der Waals surface area contributed by atoms with Crippen LogP contribution in [0.4, 0.5) is 0 Å². The summed E-state index contributed by atoms with van der Waals surface area (Å²) in [6.07, 6.45) is 4.23. The molecule has 0 radical (unpaired) electrons. The van der Waals surface area contributed by atoms with Gasteiger partial charge < -0.3 is 4.90 Å². The van der Waals surface area contributed by atoms with Crippen LogP contribution in [0.15, 0.2) is 21.4 Å². The van der Waals surface area contributed by atoms with Crippen LogP contribution in [-0.2, 0) is 11.3 Å². The van der Waals surface area contributed by atoms with Gasteiger partial charge in [0.15, 0.2) is 5.16 Å². The van der Waals surface area contributed by atoms with E-state index in [9.17, 15) is 9.59 Å². The monoisotopic (exact) mass is 433 g/mol. The molecule has 1 amide bonds. The molecule has 7 nitrogen and oxygen atoms in total. The van der Waals surface area contributed by atoms with E-state index in [0.29, 0.717) is 39.9 Å². The number of nitrogens with zero attached hydrogens (tertiary/aromatic N) is 5. The minimum Gasteiger partial charge on any atom is -0.339 e. The number of amides is 1. The third kappa shape index (κ3) is 3.94. The molecule has 1 saturated heterocycles. The normalized spacial score (nSPS) is 17.7. The van der Waals surface area contributed by atoms with Crippen molar-refractivity contribution in [3.05, 3.63) is 21.8 Å². The van der Waals surface area contributed by atoms with Gasteiger partial charge in [-0.25, -0.2) is 0 Å². The molecule has 0 unspecified atom stereocenters. The summed E-state index contributed by atoms with van der Waals surface area (Å²) in [5.74, 6) is 1.53. The highest BCUT2D eigenvalue weighted by molar-refractivity contribution is 7.99. The predicted molar refractivity (Wildman–Crippen MR) is 118 cm³/mol. The van der Waals surface area contributed by atoms with E-state index in [1.807, 2.05) is 20.7 Å². The second-order valence-corrected chi connectivity index (χ2v) is 9.97. The highest BCUT2D eigenvalue weighted by Gasteiger charge is 2.24. The predicted octanol–water partition coefficient (Wildman–Crippen LogP) is 3.64. The summed E-state index contributed by atoms with van der Waals surface area (Å²) in [7, 11) is 0. The number of carbonyl (C=O) groups excluding carboxylic acids is 1. The molecule has 4 heterocycles. The first kappa shape index (κ1) is 20.4. The minimum atomic E-state index is -0.00896. The minimum absolute atomic E-state index is 0.00896. The number of likely N-dealkylation sites (tertiary alicyclic amines) is 1. The molecule has 156 valence electrons. The summed E-state index contributed by atoms with van der Waals surface area (Å²) in [5.41, 5.74) is 0.812. The van der Waals surface area contributed by atoms with Crippen LogP contribution in [0.5, 0.6) is 0 Å². The average Bonchev–Trinajstić information content (AvgIpc) is 3.33. The van der Waals surface area contributed by atoms with Gasteiger partial charge in [0.05, 0.1) is 11.3 Å². The topological polar surface area (TPSA) is 72.5 Å². The van der Waals surface area contributed by atoms with Gasteiger partial charge in [0.25, 0.3) is 5.56 Å². The molecule has 1 aliphatic heterocycles. The van der Waals surface area contributed by atoms with Crippen LogP contribution >= 0.6 is 23.1 Å². The number of thioether (sulfide) groups is 1. The van der Waals surface area contributed by atoms with Crippen LogP contribution in [0, 0.1) is 5.92 Å². The standard InChI is InChI=1S/C20H27N5O2S2/c1-13(2)7-10-24-18(27)17-15(8-11-28-17)25-19(24)21-22-20(25)29-12-16(26)23-9-5-4-6-14(23)3/h8,11,13-14H,4-7,9-10,12H2,1-3H3/t14-/m1/s1. The van der Waals surface area contributed by atoms with Crippen molar-refractivity contribution in [3.8, 4) is 0 Å². The molecule has 0 bridgehead atoms. The summed E-state index contributed by atoms with van der Waals surface area (Å²) in [6.45, 7) is 7.86. The Morgan fingerprint density at radius 1 is 1.34 bits per heavy atom. The Morgan fingerprint density at radius 3 is 2.93 bits per heavy atom. The van der Waals surface area contributed by atoms with E-state index in [4.69, 9.17) is 0 Å². The number of aromatic nitrogens is 4. The Balaban J connectivity index is 1.65. The first-order valence-corrected chi connectivity index (χ1v) is 12.1. The Labute approximate surface area is 178 Å². The van der Waals surface area contributed by atoms with E-state index in [1.54, 1.807) is 4.57 Å². The van der Waals surface area contributed by atoms with Crippen molar-refractivity contribution in [3.63, 3.8) is 0 Å². The van der Waals surface area contributed by atoms with Gasteiger partial charge in [-0.3, -0.25) is 18.6 Å². The zero-order valence-electron chi connectivity index (χ0n) is 17.1. The van der Waals surface area contributed by atoms with Crippen molar-refractivity contribution < 1.29 is 4.79 Å². The number of aryl methyl sites for hydroxylation is 1. The summed E-state index contributed by atoms with van der Waals surface area (Å²) >= 11 is 2.85. The maximum atomic E-state index is 13.0. The third-order valence-electron chi connectivity index (χ3n) is 5.56. The fourth-order valence-corrected chi connectivity index (χ4v) is 5.51. The van der Waals surface area contributed by atoms with Crippen molar-refractivity contribution >= 4 is 45.0 Å². The van der Waals surface area contributed by atoms with Crippen molar-refractivity contribution in [2.24, 2.45) is 5.92 Å². The second kappa shape index (κ2) is 8.47. The number of piperidine rings is 1. The highest BCUT2D eigenvalue weighted by atomic mass is 32.2. The van der Waals surface area contributed by atoms with E-state index < -0.39 is 0 Å². The zero-order chi connectivity index (χ0) is 20.5. The molecule has 0 N–H and O–H groups in total. The van der Waals surface area contributed by atoms with Crippen molar-refractivity contribution in [1.29, 1.82) is 0 Å². The summed E-state index contributed by atoms with van der Waals surface area (Å²) in [6, 6.07) is 2.24. The van der Waals surface area contributed by atoms with Crippen LogP contribution in [0.2, 0.25) is 0 Å². The molecule has 0 saturated carbocycles. The fourth-order valence-electron chi connectivity index (χ4n) is 3.86. The van der Waals surface area contributed by atoms with Gasteiger partial charge in [0.1, 0.15) is 4.70 Å². The van der Waals surface area contributed by atoms with Crippen molar-refractivity contribution in [2.45, 2.75) is 64.2 Å². The fraction of sp³-hybridized carbons (Fsp3) is 0.600. The molecule has 0 aliphatic carbocycles. The Hall–Kier alpha value is -1.87. The largest absolute Gasteiger partial charge is 0.339 e. The zero-order valence-corrected chi connectivity index (χ0v) is 18.8. The molecule has 4 rings (SSSR count). The van der Waals surface area contributed by atoms with E-state index in [-0.39, 0.29) is 11.5 Å². The number of carbonyl (C=O) groups is 1. The lowest BCUT2D eigenvalue weighted by Gasteiger charge is -2.33. The molecular formula is C20H27N5O2S2. The number of rotatable bonds is 6. The van der Waals surface area contributed by atoms with Gasteiger partial charge in [0.2, 0.25) is 11.7 Å². The molecule has 3 aromatic rings. The maximum Gasteiger partial charge on any atom is 0.272 e. The molecule has 1 atom stereocenters. The maximum absolute atomic E-state index is 13.0. The van der Waals surface area contributed by atoms with E-state index in [2.05, 4.69) is 31.0 Å². The Morgan fingerprint density at radius 2 is 2.17 bits per heavy atom. The quantitative estimate of drug-likeness (QED) is 0.555. The molecule has 29 heavy (non-hydrogen) atoms. The van der Waals surface area contributed by atoms with Crippen molar-refractivity contribution in [1.82, 2.24) is 24.1 Å². The van der Waals surface area contributed by atoms with Crippen LogP contribution < -0.4 is 5.56 Å². The highest BCUT2D eigenvalue weighted by Crippen LogP contribution is 2.26. The van der Waals surface area contributed by atoms with E-state index in [1.165, 1.54) is 29.5 Å². The lowest BCUT2D eigenvalue weighted by atomic mass is 10.0. The molecule has 1 fully saturated rings. The molecule has 1 aliphatic rings. The third-order valence-corrected chi connectivity index (χ3v) is 7.37.